The predicted octanol–water partition coefficient (Wildman–Crippen LogP) is 3.40. The smallest absolute Gasteiger partial charge is 0.0813 e. The standard InChI is InChI=1S/C15H13N3S/c16-12-2-1-10-7-18(8-11(10)5-12)13-3-4-14-15(6-13)19-9-17-14/h1-6,9H,7-8,16H2. The number of nitrogens with two attached hydrogens (primary N) is 1. The molecule has 2 N–H and O–H groups in total. The molecule has 0 bridgehead atoms. The Morgan fingerprint density at radius 2 is 1.95 bits per heavy atom. The SMILES string of the molecule is Nc1ccc2c(c1)CN(c1ccc3ncsc3c1)C2. The monoisotopic (exact) mass is 267 g/mol. The van der Waals surface area contributed by atoms with E-state index in [1.165, 1.54) is 21.5 Å². The van der Waals surface area contributed by atoms with Crippen molar-refractivity contribution < 1.29 is 0 Å². The molecule has 3 nitrogen and oxygen atoms in total. The summed E-state index contributed by atoms with van der Waals surface area (Å²) in [4.78, 5) is 6.70. The van der Waals surface area contributed by atoms with E-state index < -0.39 is 0 Å². The Hall–Kier alpha value is -2.07. The van der Waals surface area contributed by atoms with Gasteiger partial charge < -0.3 is 10.6 Å². The number of nitrogens with zero attached hydrogens (tertiary/aromatic N) is 2. The first-order valence-corrected chi connectivity index (χ1v) is 7.13. The van der Waals surface area contributed by atoms with Crippen molar-refractivity contribution >= 4 is 32.9 Å². The van der Waals surface area contributed by atoms with E-state index in [0.717, 1.165) is 24.3 Å². The highest BCUT2D eigenvalue weighted by Crippen LogP contribution is 2.31. The molecule has 1 aliphatic rings. The van der Waals surface area contributed by atoms with Gasteiger partial charge in [-0.1, -0.05) is 6.07 Å². The van der Waals surface area contributed by atoms with Crippen molar-refractivity contribution in [2.75, 3.05) is 10.6 Å². The molecule has 1 aliphatic heterocycles. The van der Waals surface area contributed by atoms with Crippen LogP contribution in [0.5, 0.6) is 0 Å². The van der Waals surface area contributed by atoms with Gasteiger partial charge in [0, 0.05) is 24.5 Å². The summed E-state index contributed by atoms with van der Waals surface area (Å²) in [5, 5.41) is 0. The largest absolute Gasteiger partial charge is 0.399 e. The van der Waals surface area contributed by atoms with E-state index in [0.29, 0.717) is 0 Å². The minimum Gasteiger partial charge on any atom is -0.399 e. The molecule has 1 aromatic heterocycles. The summed E-state index contributed by atoms with van der Waals surface area (Å²) in [6.45, 7) is 1.89. The number of rotatable bonds is 1. The average molecular weight is 267 g/mol. The van der Waals surface area contributed by atoms with Crippen LogP contribution in [0, 0.1) is 0 Å². The molecule has 0 aliphatic carbocycles. The molecule has 3 aromatic rings. The molecule has 0 atom stereocenters. The van der Waals surface area contributed by atoms with Crippen LogP contribution >= 0.6 is 11.3 Å². The summed E-state index contributed by atoms with van der Waals surface area (Å²) >= 11 is 1.69. The Morgan fingerprint density at radius 3 is 2.89 bits per heavy atom. The molecule has 4 rings (SSSR count). The van der Waals surface area contributed by atoms with Crippen molar-refractivity contribution in [3.8, 4) is 0 Å². The third-order valence-electron chi connectivity index (χ3n) is 3.63. The van der Waals surface area contributed by atoms with E-state index in [4.69, 9.17) is 5.73 Å². The molecule has 4 heteroatoms. The number of thiazole rings is 1. The molecule has 94 valence electrons. The van der Waals surface area contributed by atoms with Gasteiger partial charge in [-0.25, -0.2) is 4.98 Å². The van der Waals surface area contributed by atoms with Crippen LogP contribution in [0.15, 0.2) is 41.9 Å². The lowest BCUT2D eigenvalue weighted by Gasteiger charge is -2.17. The normalized spacial score (nSPS) is 14.0. The summed E-state index contributed by atoms with van der Waals surface area (Å²) in [6.07, 6.45) is 0. The quantitative estimate of drug-likeness (QED) is 0.687. The van der Waals surface area contributed by atoms with E-state index in [1.807, 2.05) is 11.6 Å². The predicted molar refractivity (Wildman–Crippen MR) is 80.4 cm³/mol. The van der Waals surface area contributed by atoms with Gasteiger partial charge in [-0.2, -0.15) is 0 Å². The Bertz CT molecular complexity index is 763. The zero-order chi connectivity index (χ0) is 12.8. The number of hydrogen-bond acceptors (Lipinski definition) is 4. The van der Waals surface area contributed by atoms with Crippen LogP contribution in [0.25, 0.3) is 10.2 Å². The van der Waals surface area contributed by atoms with Crippen LogP contribution in [0.1, 0.15) is 11.1 Å². The molecule has 0 saturated heterocycles. The number of nitrogen functional groups attached to an aromatic ring is 1. The molecule has 19 heavy (non-hydrogen) atoms. The number of anilines is 2. The fourth-order valence-electron chi connectivity index (χ4n) is 2.64. The van der Waals surface area contributed by atoms with E-state index >= 15 is 0 Å². The van der Waals surface area contributed by atoms with Crippen LogP contribution in [0.4, 0.5) is 11.4 Å². The lowest BCUT2D eigenvalue weighted by atomic mass is 10.1. The van der Waals surface area contributed by atoms with Gasteiger partial charge in [0.25, 0.3) is 0 Å². The molecular formula is C15H13N3S. The van der Waals surface area contributed by atoms with Crippen molar-refractivity contribution in [2.45, 2.75) is 13.1 Å². The number of hydrogen-bond donors (Lipinski definition) is 1. The Morgan fingerprint density at radius 1 is 1.05 bits per heavy atom. The molecule has 0 radical (unpaired) electrons. The maximum absolute atomic E-state index is 5.85. The maximum Gasteiger partial charge on any atom is 0.0813 e. The molecule has 0 amide bonds. The van der Waals surface area contributed by atoms with Crippen molar-refractivity contribution in [1.29, 1.82) is 0 Å². The molecule has 0 fully saturated rings. The first-order chi connectivity index (χ1) is 9.29. The van der Waals surface area contributed by atoms with Gasteiger partial charge >= 0.3 is 0 Å². The lowest BCUT2D eigenvalue weighted by molar-refractivity contribution is 0.882. The fourth-order valence-corrected chi connectivity index (χ4v) is 3.35. The second kappa shape index (κ2) is 3.96. The summed E-state index contributed by atoms with van der Waals surface area (Å²) in [6, 6.07) is 12.7. The fraction of sp³-hybridized carbons (Fsp3) is 0.133. The Balaban J connectivity index is 1.71. The summed E-state index contributed by atoms with van der Waals surface area (Å²) in [7, 11) is 0. The van der Waals surface area contributed by atoms with E-state index in [9.17, 15) is 0 Å². The van der Waals surface area contributed by atoms with Crippen molar-refractivity contribution in [2.24, 2.45) is 0 Å². The van der Waals surface area contributed by atoms with Crippen LogP contribution < -0.4 is 10.6 Å². The highest BCUT2D eigenvalue weighted by Gasteiger charge is 2.19. The molecule has 0 unspecified atom stereocenters. The average Bonchev–Trinajstić information content (AvgIpc) is 3.02. The van der Waals surface area contributed by atoms with Crippen LogP contribution in [0.2, 0.25) is 0 Å². The van der Waals surface area contributed by atoms with Crippen molar-refractivity contribution in [3.63, 3.8) is 0 Å². The molecule has 0 spiro atoms. The van der Waals surface area contributed by atoms with Gasteiger partial charge in [-0.05, 0) is 41.5 Å². The van der Waals surface area contributed by atoms with Crippen molar-refractivity contribution in [1.82, 2.24) is 4.98 Å². The van der Waals surface area contributed by atoms with Gasteiger partial charge in [0.05, 0.1) is 15.7 Å². The second-order valence-electron chi connectivity index (χ2n) is 4.89. The summed E-state index contributed by atoms with van der Waals surface area (Å²) < 4.78 is 1.24. The number of benzene rings is 2. The van der Waals surface area contributed by atoms with E-state index in [-0.39, 0.29) is 0 Å². The van der Waals surface area contributed by atoms with Gasteiger partial charge in [-0.3, -0.25) is 0 Å². The highest BCUT2D eigenvalue weighted by atomic mass is 32.1. The van der Waals surface area contributed by atoms with Crippen LogP contribution in [-0.2, 0) is 13.1 Å². The second-order valence-corrected chi connectivity index (χ2v) is 5.77. The zero-order valence-corrected chi connectivity index (χ0v) is 11.2. The van der Waals surface area contributed by atoms with E-state index in [2.05, 4.69) is 40.2 Å². The van der Waals surface area contributed by atoms with Gasteiger partial charge in [0.15, 0.2) is 0 Å². The van der Waals surface area contributed by atoms with Gasteiger partial charge in [0.1, 0.15) is 0 Å². The number of aromatic nitrogens is 1. The third-order valence-corrected chi connectivity index (χ3v) is 4.42. The zero-order valence-electron chi connectivity index (χ0n) is 10.3. The minimum atomic E-state index is 0.846. The molecule has 2 aromatic carbocycles. The topological polar surface area (TPSA) is 42.1 Å². The molecule has 2 heterocycles. The molecular weight excluding hydrogens is 254 g/mol. The van der Waals surface area contributed by atoms with Crippen LogP contribution in [0.3, 0.4) is 0 Å². The third kappa shape index (κ3) is 1.76. The first kappa shape index (κ1) is 10.8. The van der Waals surface area contributed by atoms with Crippen LogP contribution in [-0.4, -0.2) is 4.98 Å². The first-order valence-electron chi connectivity index (χ1n) is 6.25. The Labute approximate surface area is 115 Å². The Kier molecular flexibility index (Phi) is 2.26. The van der Waals surface area contributed by atoms with Crippen molar-refractivity contribution in [3.05, 3.63) is 53.0 Å². The maximum atomic E-state index is 5.85. The van der Waals surface area contributed by atoms with Gasteiger partial charge in [-0.15, -0.1) is 11.3 Å². The van der Waals surface area contributed by atoms with E-state index in [1.54, 1.807) is 11.3 Å². The summed E-state index contributed by atoms with van der Waals surface area (Å²) in [5.74, 6) is 0. The summed E-state index contributed by atoms with van der Waals surface area (Å²) in [5.41, 5.74) is 13.6. The van der Waals surface area contributed by atoms with Gasteiger partial charge in [0.2, 0.25) is 0 Å². The highest BCUT2D eigenvalue weighted by molar-refractivity contribution is 7.16. The molecule has 0 saturated carbocycles. The number of fused-ring (bicyclic) bond motifs is 2. The lowest BCUT2D eigenvalue weighted by Crippen LogP contribution is -2.14. The minimum absolute atomic E-state index is 0.846.